The summed E-state index contributed by atoms with van der Waals surface area (Å²) < 4.78 is 36.4. The molecule has 0 saturated carbocycles. The van der Waals surface area contributed by atoms with Crippen LogP contribution < -0.4 is 15.2 Å². The van der Waals surface area contributed by atoms with Crippen LogP contribution in [0.2, 0.25) is 0 Å². The first-order valence-corrected chi connectivity index (χ1v) is 7.67. The van der Waals surface area contributed by atoms with Crippen LogP contribution in [0, 0.1) is 0 Å². The first-order chi connectivity index (χ1) is 9.52. The van der Waals surface area contributed by atoms with Crippen molar-refractivity contribution in [3.63, 3.8) is 0 Å². The molecule has 1 aromatic rings. The van der Waals surface area contributed by atoms with E-state index in [9.17, 15) is 13.5 Å². The second kappa shape index (κ2) is 6.08. The number of benzene rings is 1. The maximum atomic E-state index is 12.6. The third kappa shape index (κ3) is 3.99. The van der Waals surface area contributed by atoms with Gasteiger partial charge >= 0.3 is 0 Å². The van der Waals surface area contributed by atoms with Gasteiger partial charge in [-0.25, -0.2) is 8.42 Å². The van der Waals surface area contributed by atoms with Crippen molar-refractivity contribution in [3.05, 3.63) is 12.1 Å². The van der Waals surface area contributed by atoms with Crippen LogP contribution in [0.5, 0.6) is 11.5 Å². The highest BCUT2D eigenvalue weighted by molar-refractivity contribution is 7.89. The highest BCUT2D eigenvalue weighted by Gasteiger charge is 2.29. The van der Waals surface area contributed by atoms with E-state index in [0.29, 0.717) is 5.75 Å². The summed E-state index contributed by atoms with van der Waals surface area (Å²) >= 11 is 0. The SMILES string of the molecule is COc1cc(OC)c(S(=O)(=O)N(C)CC(C)(C)O)cc1N. The van der Waals surface area contributed by atoms with Gasteiger partial charge in [-0.15, -0.1) is 0 Å². The Morgan fingerprint density at radius 3 is 2.19 bits per heavy atom. The predicted molar refractivity (Wildman–Crippen MR) is 80.1 cm³/mol. The molecule has 0 radical (unpaired) electrons. The van der Waals surface area contributed by atoms with Crippen molar-refractivity contribution in [1.29, 1.82) is 0 Å². The largest absolute Gasteiger partial charge is 0.495 e. The standard InChI is InChI=1S/C13H22N2O5S/c1-13(2,16)8-15(3)21(17,18)12-6-9(14)10(19-4)7-11(12)20-5/h6-7,16H,8,14H2,1-5H3. The van der Waals surface area contributed by atoms with Crippen molar-refractivity contribution in [3.8, 4) is 11.5 Å². The molecule has 0 aliphatic rings. The van der Waals surface area contributed by atoms with Gasteiger partial charge in [0.25, 0.3) is 0 Å². The molecule has 1 rings (SSSR count). The number of hydrogen-bond acceptors (Lipinski definition) is 6. The van der Waals surface area contributed by atoms with Crippen molar-refractivity contribution in [1.82, 2.24) is 4.31 Å². The van der Waals surface area contributed by atoms with E-state index in [-0.39, 0.29) is 22.9 Å². The lowest BCUT2D eigenvalue weighted by molar-refractivity contribution is 0.0639. The molecule has 120 valence electrons. The summed E-state index contributed by atoms with van der Waals surface area (Å²) in [5.41, 5.74) is 4.80. The Balaban J connectivity index is 3.34. The number of likely N-dealkylation sites (N-methyl/N-ethyl adjacent to an activating group) is 1. The predicted octanol–water partition coefficient (Wildman–Crippen LogP) is 0.677. The molecule has 7 nitrogen and oxygen atoms in total. The number of sulfonamides is 1. The van der Waals surface area contributed by atoms with E-state index in [4.69, 9.17) is 15.2 Å². The normalized spacial score (nSPS) is 12.5. The van der Waals surface area contributed by atoms with Crippen LogP contribution in [0.1, 0.15) is 13.8 Å². The first-order valence-electron chi connectivity index (χ1n) is 6.23. The van der Waals surface area contributed by atoms with Crippen LogP contribution in [-0.4, -0.2) is 51.2 Å². The van der Waals surface area contributed by atoms with Crippen LogP contribution in [0.15, 0.2) is 17.0 Å². The average molecular weight is 318 g/mol. The van der Waals surface area contributed by atoms with Gasteiger partial charge in [0.15, 0.2) is 0 Å². The molecule has 0 bridgehead atoms. The van der Waals surface area contributed by atoms with Gasteiger partial charge in [0.2, 0.25) is 10.0 Å². The molecule has 21 heavy (non-hydrogen) atoms. The van der Waals surface area contributed by atoms with Crippen LogP contribution in [0.25, 0.3) is 0 Å². The lowest BCUT2D eigenvalue weighted by atomic mass is 10.1. The summed E-state index contributed by atoms with van der Waals surface area (Å²) in [7, 11) is 0.324. The molecular weight excluding hydrogens is 296 g/mol. The van der Waals surface area contributed by atoms with E-state index < -0.39 is 15.6 Å². The summed E-state index contributed by atoms with van der Waals surface area (Å²) in [6, 6.07) is 2.70. The zero-order chi connectivity index (χ0) is 16.4. The fourth-order valence-electron chi connectivity index (χ4n) is 1.89. The van der Waals surface area contributed by atoms with E-state index in [1.165, 1.54) is 47.2 Å². The molecule has 0 amide bonds. The van der Waals surface area contributed by atoms with Gasteiger partial charge in [-0.2, -0.15) is 4.31 Å². The van der Waals surface area contributed by atoms with Crippen molar-refractivity contribution in [2.24, 2.45) is 0 Å². The van der Waals surface area contributed by atoms with E-state index >= 15 is 0 Å². The van der Waals surface area contributed by atoms with Gasteiger partial charge in [-0.05, 0) is 19.9 Å². The smallest absolute Gasteiger partial charge is 0.246 e. The number of anilines is 1. The fraction of sp³-hybridized carbons (Fsp3) is 0.538. The zero-order valence-corrected chi connectivity index (χ0v) is 13.7. The minimum atomic E-state index is -3.85. The Kier molecular flexibility index (Phi) is 5.08. The topological polar surface area (TPSA) is 102 Å². The minimum Gasteiger partial charge on any atom is -0.495 e. The highest BCUT2D eigenvalue weighted by Crippen LogP contribution is 2.35. The van der Waals surface area contributed by atoms with Crippen molar-refractivity contribution < 1.29 is 23.0 Å². The van der Waals surface area contributed by atoms with Crippen molar-refractivity contribution >= 4 is 15.7 Å². The summed E-state index contributed by atoms with van der Waals surface area (Å²) in [4.78, 5) is -0.0740. The van der Waals surface area contributed by atoms with Gasteiger partial charge in [0, 0.05) is 19.7 Å². The number of nitrogen functional groups attached to an aromatic ring is 1. The average Bonchev–Trinajstić information content (AvgIpc) is 2.36. The Morgan fingerprint density at radius 2 is 1.76 bits per heavy atom. The second-order valence-corrected chi connectivity index (χ2v) is 7.33. The number of ether oxygens (including phenoxy) is 2. The van der Waals surface area contributed by atoms with Crippen LogP contribution >= 0.6 is 0 Å². The third-order valence-corrected chi connectivity index (χ3v) is 4.64. The monoisotopic (exact) mass is 318 g/mol. The lowest BCUT2D eigenvalue weighted by Crippen LogP contribution is -2.39. The van der Waals surface area contributed by atoms with Crippen LogP contribution in [0.4, 0.5) is 5.69 Å². The van der Waals surface area contributed by atoms with Gasteiger partial charge in [0.1, 0.15) is 16.4 Å². The maximum Gasteiger partial charge on any atom is 0.246 e. The Hall–Kier alpha value is -1.51. The van der Waals surface area contributed by atoms with E-state index in [2.05, 4.69) is 0 Å². The zero-order valence-electron chi connectivity index (χ0n) is 12.9. The number of rotatable bonds is 6. The summed E-state index contributed by atoms with van der Waals surface area (Å²) in [6.07, 6.45) is 0. The van der Waals surface area contributed by atoms with Gasteiger partial charge in [-0.1, -0.05) is 0 Å². The van der Waals surface area contributed by atoms with Gasteiger partial charge in [0.05, 0.1) is 25.5 Å². The lowest BCUT2D eigenvalue weighted by Gasteiger charge is -2.26. The molecule has 0 spiro atoms. The second-order valence-electron chi connectivity index (χ2n) is 5.32. The summed E-state index contributed by atoms with van der Waals surface area (Å²) in [5, 5.41) is 9.78. The molecule has 0 unspecified atom stereocenters. The van der Waals surface area contributed by atoms with E-state index in [0.717, 1.165) is 4.31 Å². The number of aliphatic hydroxyl groups is 1. The molecular formula is C13H22N2O5S. The number of methoxy groups -OCH3 is 2. The van der Waals surface area contributed by atoms with Gasteiger partial charge < -0.3 is 20.3 Å². The quantitative estimate of drug-likeness (QED) is 0.748. The molecule has 0 aromatic heterocycles. The molecule has 8 heteroatoms. The molecule has 0 aliphatic carbocycles. The van der Waals surface area contributed by atoms with Crippen LogP contribution in [0.3, 0.4) is 0 Å². The number of hydrogen-bond donors (Lipinski definition) is 2. The Bertz CT molecular complexity index is 608. The fourth-order valence-corrected chi connectivity index (χ4v) is 3.39. The number of nitrogens with zero attached hydrogens (tertiary/aromatic N) is 1. The minimum absolute atomic E-state index is 0.0651. The molecule has 1 aromatic carbocycles. The molecule has 0 fully saturated rings. The Labute approximate surface area is 125 Å². The van der Waals surface area contributed by atoms with Crippen LogP contribution in [-0.2, 0) is 10.0 Å². The van der Waals surface area contributed by atoms with Gasteiger partial charge in [-0.3, -0.25) is 0 Å². The van der Waals surface area contributed by atoms with E-state index in [1.807, 2.05) is 0 Å². The van der Waals surface area contributed by atoms with Crippen molar-refractivity contribution in [2.45, 2.75) is 24.3 Å². The number of nitrogens with two attached hydrogens (primary N) is 1. The van der Waals surface area contributed by atoms with Crippen molar-refractivity contribution in [2.75, 3.05) is 33.5 Å². The molecule has 0 aliphatic heterocycles. The summed E-state index contributed by atoms with van der Waals surface area (Å²) in [6.45, 7) is 2.99. The molecule has 0 saturated heterocycles. The first kappa shape index (κ1) is 17.5. The third-order valence-electron chi connectivity index (χ3n) is 2.81. The Morgan fingerprint density at radius 1 is 1.24 bits per heavy atom. The van der Waals surface area contributed by atoms with E-state index in [1.54, 1.807) is 0 Å². The molecule has 3 N–H and O–H groups in total. The summed E-state index contributed by atoms with van der Waals surface area (Å²) in [5.74, 6) is 0.458. The maximum absolute atomic E-state index is 12.6. The molecule has 0 heterocycles. The highest BCUT2D eigenvalue weighted by atomic mass is 32.2. The molecule has 0 atom stereocenters.